The fourth-order valence-electron chi connectivity index (χ4n) is 2.54. The average molecular weight is 413 g/mol. The van der Waals surface area contributed by atoms with Crippen LogP contribution in [0, 0.1) is 0 Å². The first kappa shape index (κ1) is 18.4. The van der Waals surface area contributed by atoms with Crippen LogP contribution in [0.5, 0.6) is 5.75 Å². The number of hydrogen-bond acceptors (Lipinski definition) is 8. The van der Waals surface area contributed by atoms with Gasteiger partial charge in [-0.25, -0.2) is 4.98 Å². The molecule has 0 aliphatic carbocycles. The molecule has 10 heteroatoms. The maximum absolute atomic E-state index is 12.5. The van der Waals surface area contributed by atoms with Crippen LogP contribution in [0.4, 0.5) is 0 Å². The van der Waals surface area contributed by atoms with Crippen molar-refractivity contribution in [2.45, 2.75) is 11.7 Å². The molecule has 1 amide bonds. The highest BCUT2D eigenvalue weighted by atomic mass is 32.2. The summed E-state index contributed by atoms with van der Waals surface area (Å²) in [6.45, 7) is 0.460. The third-order valence-electron chi connectivity index (χ3n) is 4.00. The fraction of sp³-hybridized carbons (Fsp3) is 0.167. The first-order valence-corrected chi connectivity index (χ1v) is 10.2. The molecule has 0 radical (unpaired) electrons. The van der Waals surface area contributed by atoms with Crippen LogP contribution >= 0.6 is 23.1 Å². The van der Waals surface area contributed by atoms with E-state index in [-0.39, 0.29) is 17.4 Å². The highest BCUT2D eigenvalue weighted by Gasteiger charge is 2.16. The van der Waals surface area contributed by atoms with Gasteiger partial charge in [0.05, 0.1) is 28.2 Å². The zero-order chi connectivity index (χ0) is 19.5. The minimum atomic E-state index is -0.0375. The van der Waals surface area contributed by atoms with Gasteiger partial charge in [0.1, 0.15) is 10.8 Å². The zero-order valence-electron chi connectivity index (χ0n) is 14.9. The van der Waals surface area contributed by atoms with Crippen LogP contribution in [-0.4, -0.2) is 53.9 Å². The molecular formula is C18H16N6O2S2. The minimum Gasteiger partial charge on any atom is -0.508 e. The summed E-state index contributed by atoms with van der Waals surface area (Å²) in [7, 11) is 1.76. The van der Waals surface area contributed by atoms with E-state index < -0.39 is 0 Å². The van der Waals surface area contributed by atoms with Gasteiger partial charge in [-0.05, 0) is 46.8 Å². The molecule has 0 saturated heterocycles. The van der Waals surface area contributed by atoms with E-state index in [4.69, 9.17) is 0 Å². The molecule has 0 aliphatic rings. The second-order valence-electron chi connectivity index (χ2n) is 6.00. The van der Waals surface area contributed by atoms with Gasteiger partial charge in [0.15, 0.2) is 0 Å². The Morgan fingerprint density at radius 1 is 1.21 bits per heavy atom. The number of thiazole rings is 1. The number of carbonyl (C=O) groups is 1. The number of phenolic OH excluding ortho intramolecular Hbond substituents is 1. The van der Waals surface area contributed by atoms with Crippen molar-refractivity contribution in [2.75, 3.05) is 12.8 Å². The van der Waals surface area contributed by atoms with E-state index in [1.807, 2.05) is 24.3 Å². The number of rotatable bonds is 6. The van der Waals surface area contributed by atoms with Gasteiger partial charge in [0.25, 0.3) is 0 Å². The van der Waals surface area contributed by atoms with Crippen molar-refractivity contribution < 1.29 is 9.90 Å². The Kier molecular flexibility index (Phi) is 5.22. The van der Waals surface area contributed by atoms with E-state index in [1.54, 1.807) is 47.5 Å². The van der Waals surface area contributed by atoms with Crippen LogP contribution in [0.25, 0.3) is 15.9 Å². The smallest absolute Gasteiger partial charge is 0.233 e. The molecule has 0 unspecified atom stereocenters. The predicted octanol–water partition coefficient (Wildman–Crippen LogP) is 2.73. The Morgan fingerprint density at radius 2 is 2.00 bits per heavy atom. The van der Waals surface area contributed by atoms with Gasteiger partial charge in [-0.15, -0.1) is 16.4 Å². The van der Waals surface area contributed by atoms with Crippen molar-refractivity contribution in [1.82, 2.24) is 30.1 Å². The summed E-state index contributed by atoms with van der Waals surface area (Å²) in [4.78, 5) is 18.7. The molecule has 0 atom stereocenters. The molecule has 28 heavy (non-hydrogen) atoms. The Balaban J connectivity index is 1.39. The second kappa shape index (κ2) is 7.95. The Bertz CT molecular complexity index is 1080. The number of aromatic nitrogens is 5. The number of carbonyl (C=O) groups excluding carboxylic acids is 1. The number of fused-ring (bicyclic) bond motifs is 1. The second-order valence-corrected chi connectivity index (χ2v) is 8.06. The lowest BCUT2D eigenvalue weighted by Crippen LogP contribution is -2.27. The lowest BCUT2D eigenvalue weighted by Gasteiger charge is -2.15. The molecule has 0 spiro atoms. The van der Waals surface area contributed by atoms with Crippen molar-refractivity contribution in [3.8, 4) is 11.4 Å². The summed E-state index contributed by atoms with van der Waals surface area (Å²) in [5.41, 5.74) is 1.66. The van der Waals surface area contributed by atoms with Gasteiger partial charge in [0.2, 0.25) is 11.1 Å². The molecule has 4 rings (SSSR count). The zero-order valence-corrected chi connectivity index (χ0v) is 16.5. The van der Waals surface area contributed by atoms with E-state index in [9.17, 15) is 9.90 Å². The monoisotopic (exact) mass is 412 g/mol. The summed E-state index contributed by atoms with van der Waals surface area (Å²) in [5, 5.41) is 22.4. The molecule has 142 valence electrons. The number of thioether (sulfide) groups is 1. The van der Waals surface area contributed by atoms with Crippen LogP contribution in [0.2, 0.25) is 0 Å². The third kappa shape index (κ3) is 3.97. The summed E-state index contributed by atoms with van der Waals surface area (Å²) in [5.74, 6) is 0.335. The van der Waals surface area contributed by atoms with Gasteiger partial charge in [-0.2, -0.15) is 4.68 Å². The van der Waals surface area contributed by atoms with Gasteiger partial charge in [0, 0.05) is 7.05 Å². The Morgan fingerprint density at radius 3 is 2.79 bits per heavy atom. The highest BCUT2D eigenvalue weighted by molar-refractivity contribution is 7.99. The topological polar surface area (TPSA) is 97.0 Å². The van der Waals surface area contributed by atoms with Gasteiger partial charge in [-0.3, -0.25) is 4.79 Å². The maximum Gasteiger partial charge on any atom is 0.233 e. The van der Waals surface area contributed by atoms with Gasteiger partial charge < -0.3 is 10.0 Å². The maximum atomic E-state index is 12.5. The van der Waals surface area contributed by atoms with E-state index in [1.165, 1.54) is 16.4 Å². The molecule has 0 aliphatic heterocycles. The van der Waals surface area contributed by atoms with E-state index in [0.29, 0.717) is 17.4 Å². The van der Waals surface area contributed by atoms with Crippen LogP contribution < -0.4 is 0 Å². The van der Waals surface area contributed by atoms with E-state index >= 15 is 0 Å². The van der Waals surface area contributed by atoms with E-state index in [2.05, 4.69) is 20.5 Å². The lowest BCUT2D eigenvalue weighted by atomic mass is 10.3. The van der Waals surface area contributed by atoms with Gasteiger partial charge >= 0.3 is 0 Å². The van der Waals surface area contributed by atoms with Gasteiger partial charge in [-0.1, -0.05) is 23.9 Å². The van der Waals surface area contributed by atoms with E-state index in [0.717, 1.165) is 15.2 Å². The fourth-order valence-corrected chi connectivity index (χ4v) is 4.39. The molecule has 0 bridgehead atoms. The standard InChI is InChI=1S/C18H16N6O2S2/c1-23(10-16-19-14-4-2-3-5-15(14)28-16)17(26)11-27-18-20-21-22-24(18)12-6-8-13(25)9-7-12/h2-9,25H,10-11H2,1H3. The van der Waals surface area contributed by atoms with Crippen LogP contribution in [0.15, 0.2) is 53.7 Å². The number of phenols is 1. The lowest BCUT2D eigenvalue weighted by molar-refractivity contribution is -0.127. The van der Waals surface area contributed by atoms with Crippen LogP contribution in [0.3, 0.4) is 0 Å². The molecule has 2 aromatic heterocycles. The molecule has 2 heterocycles. The van der Waals surface area contributed by atoms with Crippen LogP contribution in [0.1, 0.15) is 5.01 Å². The molecule has 0 saturated carbocycles. The predicted molar refractivity (Wildman–Crippen MR) is 108 cm³/mol. The minimum absolute atomic E-state index is 0.0375. The summed E-state index contributed by atoms with van der Waals surface area (Å²) >= 11 is 2.85. The molecule has 0 fully saturated rings. The van der Waals surface area contributed by atoms with Crippen LogP contribution in [-0.2, 0) is 11.3 Å². The summed E-state index contributed by atoms with van der Waals surface area (Å²) in [6.07, 6.45) is 0. The molecule has 8 nitrogen and oxygen atoms in total. The van der Waals surface area contributed by atoms with Crippen molar-refractivity contribution >= 4 is 39.2 Å². The number of para-hydroxylation sites is 1. The first-order chi connectivity index (χ1) is 13.6. The third-order valence-corrected chi connectivity index (χ3v) is 5.92. The first-order valence-electron chi connectivity index (χ1n) is 8.39. The van der Waals surface area contributed by atoms with Crippen molar-refractivity contribution in [2.24, 2.45) is 0 Å². The van der Waals surface area contributed by atoms with Crippen molar-refractivity contribution in [1.29, 1.82) is 0 Å². The molecule has 4 aromatic rings. The number of aromatic hydroxyl groups is 1. The largest absolute Gasteiger partial charge is 0.508 e. The molecule has 2 aromatic carbocycles. The molecule has 1 N–H and O–H groups in total. The number of nitrogens with zero attached hydrogens (tertiary/aromatic N) is 6. The highest BCUT2D eigenvalue weighted by Crippen LogP contribution is 2.23. The summed E-state index contributed by atoms with van der Waals surface area (Å²) in [6, 6.07) is 14.5. The average Bonchev–Trinajstić information content (AvgIpc) is 3.32. The summed E-state index contributed by atoms with van der Waals surface area (Å²) < 4.78 is 2.64. The number of benzene rings is 2. The normalized spacial score (nSPS) is 11.0. The number of amides is 1. The SMILES string of the molecule is CN(Cc1nc2ccccc2s1)C(=O)CSc1nnnn1-c1ccc(O)cc1. The Hall–Kier alpha value is -2.98. The van der Waals surface area contributed by atoms with Crippen molar-refractivity contribution in [3.05, 3.63) is 53.5 Å². The Labute approximate surface area is 168 Å². The quantitative estimate of drug-likeness (QED) is 0.486. The number of tetrazole rings is 1. The van der Waals surface area contributed by atoms with Crippen molar-refractivity contribution in [3.63, 3.8) is 0 Å². The molecular weight excluding hydrogens is 396 g/mol. The number of hydrogen-bond donors (Lipinski definition) is 1.